The average molecular weight is 359 g/mol. The Kier molecular flexibility index (Phi) is 4.22. The van der Waals surface area contributed by atoms with Crippen molar-refractivity contribution in [3.05, 3.63) is 58.1 Å². The van der Waals surface area contributed by atoms with Gasteiger partial charge in [-0.05, 0) is 42.5 Å². The van der Waals surface area contributed by atoms with E-state index in [1.165, 1.54) is 12.1 Å². The molecule has 7 heteroatoms. The third-order valence-corrected chi connectivity index (χ3v) is 3.39. The van der Waals surface area contributed by atoms with Crippen molar-refractivity contribution in [3.8, 4) is 0 Å². The highest BCUT2D eigenvalue weighted by Gasteiger charge is 2.33. The molecule has 0 spiro atoms. The number of carbonyl (C=O) groups is 1. The first-order valence-corrected chi connectivity index (χ1v) is 6.60. The average Bonchev–Trinajstić information content (AvgIpc) is 2.40. The van der Waals surface area contributed by atoms with E-state index < -0.39 is 17.6 Å². The molecule has 3 N–H and O–H groups in total. The van der Waals surface area contributed by atoms with Crippen molar-refractivity contribution in [1.29, 1.82) is 0 Å². The van der Waals surface area contributed by atoms with Crippen molar-refractivity contribution in [3.63, 3.8) is 0 Å². The number of amides is 1. The molecular formula is C14H10BrF3N2O. The number of alkyl halides is 3. The first kappa shape index (κ1) is 15.4. The minimum Gasteiger partial charge on any atom is -0.399 e. The van der Waals surface area contributed by atoms with Gasteiger partial charge in [-0.3, -0.25) is 4.79 Å². The summed E-state index contributed by atoms with van der Waals surface area (Å²) in [4.78, 5) is 12.0. The molecule has 21 heavy (non-hydrogen) atoms. The maximum atomic E-state index is 12.8. The van der Waals surface area contributed by atoms with Crippen LogP contribution in [0.4, 0.5) is 24.5 Å². The maximum Gasteiger partial charge on any atom is 0.417 e. The summed E-state index contributed by atoms with van der Waals surface area (Å²) in [6.07, 6.45) is -4.53. The van der Waals surface area contributed by atoms with Gasteiger partial charge in [-0.2, -0.15) is 13.2 Å². The molecule has 0 bridgehead atoms. The molecule has 0 aliphatic heterocycles. The van der Waals surface area contributed by atoms with Crippen molar-refractivity contribution in [2.45, 2.75) is 6.18 Å². The van der Waals surface area contributed by atoms with E-state index in [2.05, 4.69) is 21.2 Å². The van der Waals surface area contributed by atoms with E-state index in [0.717, 1.165) is 6.07 Å². The lowest BCUT2D eigenvalue weighted by Gasteiger charge is -2.11. The van der Waals surface area contributed by atoms with Crippen LogP contribution in [0.1, 0.15) is 15.9 Å². The van der Waals surface area contributed by atoms with E-state index in [1.54, 1.807) is 24.3 Å². The van der Waals surface area contributed by atoms with Gasteiger partial charge in [0.05, 0.1) is 5.56 Å². The number of nitrogen functional groups attached to an aromatic ring is 1. The van der Waals surface area contributed by atoms with Crippen LogP contribution in [0, 0.1) is 0 Å². The van der Waals surface area contributed by atoms with Gasteiger partial charge in [-0.25, -0.2) is 0 Å². The Hall–Kier alpha value is -2.02. The predicted molar refractivity (Wildman–Crippen MR) is 78.0 cm³/mol. The molecule has 0 fully saturated rings. The molecule has 0 aromatic heterocycles. The van der Waals surface area contributed by atoms with Crippen molar-refractivity contribution in [1.82, 2.24) is 0 Å². The van der Waals surface area contributed by atoms with Crippen LogP contribution >= 0.6 is 15.9 Å². The zero-order chi connectivity index (χ0) is 15.6. The molecular weight excluding hydrogens is 349 g/mol. The van der Waals surface area contributed by atoms with Gasteiger partial charge in [0, 0.05) is 21.4 Å². The third-order valence-electron chi connectivity index (χ3n) is 2.70. The summed E-state index contributed by atoms with van der Waals surface area (Å²) in [6.45, 7) is 0. The van der Waals surface area contributed by atoms with Crippen LogP contribution in [0.3, 0.4) is 0 Å². The van der Waals surface area contributed by atoms with Gasteiger partial charge in [0.25, 0.3) is 5.91 Å². The van der Waals surface area contributed by atoms with E-state index in [-0.39, 0.29) is 10.0 Å². The molecule has 0 aliphatic carbocycles. The zero-order valence-electron chi connectivity index (χ0n) is 10.5. The van der Waals surface area contributed by atoms with Crippen LogP contribution < -0.4 is 11.1 Å². The van der Waals surface area contributed by atoms with E-state index in [9.17, 15) is 18.0 Å². The Morgan fingerprint density at radius 2 is 1.71 bits per heavy atom. The Balaban J connectivity index is 2.25. The summed E-state index contributed by atoms with van der Waals surface area (Å²) in [7, 11) is 0. The van der Waals surface area contributed by atoms with Gasteiger partial charge in [-0.15, -0.1) is 0 Å². The number of carbonyl (C=O) groups excluding carboxylic acids is 1. The minimum absolute atomic E-state index is 0.0812. The van der Waals surface area contributed by atoms with Gasteiger partial charge in [0.1, 0.15) is 0 Å². The van der Waals surface area contributed by atoms with Crippen molar-refractivity contribution >= 4 is 33.2 Å². The summed E-state index contributed by atoms with van der Waals surface area (Å²) in [5, 5.41) is 2.51. The highest BCUT2D eigenvalue weighted by molar-refractivity contribution is 9.10. The molecule has 0 saturated heterocycles. The monoisotopic (exact) mass is 358 g/mol. The number of benzene rings is 2. The highest BCUT2D eigenvalue weighted by atomic mass is 79.9. The van der Waals surface area contributed by atoms with Crippen LogP contribution in [0.2, 0.25) is 0 Å². The lowest BCUT2D eigenvalue weighted by molar-refractivity contribution is -0.138. The molecule has 0 radical (unpaired) electrons. The fourth-order valence-corrected chi connectivity index (χ4v) is 2.12. The quantitative estimate of drug-likeness (QED) is 0.786. The smallest absolute Gasteiger partial charge is 0.399 e. The summed E-state index contributed by atoms with van der Waals surface area (Å²) < 4.78 is 38.3. The van der Waals surface area contributed by atoms with Gasteiger partial charge in [0.15, 0.2) is 0 Å². The van der Waals surface area contributed by atoms with Crippen LogP contribution in [-0.2, 0) is 6.18 Å². The molecule has 3 nitrogen and oxygen atoms in total. The predicted octanol–water partition coefficient (Wildman–Crippen LogP) is 4.30. The van der Waals surface area contributed by atoms with Crippen LogP contribution in [0.25, 0.3) is 0 Å². The standard InChI is InChI=1S/C14H10BrF3N2O/c15-12-6-1-8(7-11(12)14(16,17)18)13(21)20-10-4-2-9(19)3-5-10/h1-7H,19H2,(H,20,21). The van der Waals surface area contributed by atoms with Gasteiger partial charge in [0.2, 0.25) is 0 Å². The van der Waals surface area contributed by atoms with E-state index in [4.69, 9.17) is 5.73 Å². The lowest BCUT2D eigenvalue weighted by atomic mass is 10.1. The number of rotatable bonds is 2. The molecule has 0 unspecified atom stereocenters. The molecule has 2 aromatic carbocycles. The molecule has 0 aliphatic rings. The second-order valence-electron chi connectivity index (χ2n) is 4.27. The minimum atomic E-state index is -4.53. The summed E-state index contributed by atoms with van der Waals surface area (Å²) in [5.74, 6) is -0.627. The number of nitrogens with two attached hydrogens (primary N) is 1. The van der Waals surface area contributed by atoms with E-state index >= 15 is 0 Å². The number of halogens is 4. The van der Waals surface area contributed by atoms with Crippen LogP contribution in [0.5, 0.6) is 0 Å². The Labute approximate surface area is 127 Å². The Morgan fingerprint density at radius 3 is 2.29 bits per heavy atom. The van der Waals surface area contributed by atoms with Crippen molar-refractivity contribution < 1.29 is 18.0 Å². The molecule has 0 saturated carbocycles. The highest BCUT2D eigenvalue weighted by Crippen LogP contribution is 2.35. The van der Waals surface area contributed by atoms with Crippen molar-refractivity contribution in [2.75, 3.05) is 11.1 Å². The summed E-state index contributed by atoms with van der Waals surface area (Å²) in [6, 6.07) is 9.60. The normalized spacial score (nSPS) is 11.2. The van der Waals surface area contributed by atoms with Gasteiger partial charge < -0.3 is 11.1 Å². The fourth-order valence-electron chi connectivity index (χ4n) is 1.65. The molecule has 1 amide bonds. The molecule has 0 heterocycles. The molecule has 2 rings (SSSR count). The van der Waals surface area contributed by atoms with E-state index in [1.807, 2.05) is 0 Å². The molecule has 110 valence electrons. The number of anilines is 2. The summed E-state index contributed by atoms with van der Waals surface area (Å²) in [5.41, 5.74) is 5.51. The number of hydrogen-bond donors (Lipinski definition) is 2. The molecule has 2 aromatic rings. The van der Waals surface area contributed by atoms with Crippen molar-refractivity contribution in [2.24, 2.45) is 0 Å². The Bertz CT molecular complexity index is 669. The first-order chi connectivity index (χ1) is 9.77. The topological polar surface area (TPSA) is 55.1 Å². The maximum absolute atomic E-state index is 12.8. The summed E-state index contributed by atoms with van der Waals surface area (Å²) >= 11 is 2.82. The van der Waals surface area contributed by atoms with Gasteiger partial charge in [-0.1, -0.05) is 15.9 Å². The van der Waals surface area contributed by atoms with E-state index in [0.29, 0.717) is 11.4 Å². The second-order valence-corrected chi connectivity index (χ2v) is 5.12. The zero-order valence-corrected chi connectivity index (χ0v) is 12.1. The SMILES string of the molecule is Nc1ccc(NC(=O)c2ccc(Br)c(C(F)(F)F)c2)cc1. The van der Waals surface area contributed by atoms with Crippen LogP contribution in [-0.4, -0.2) is 5.91 Å². The largest absolute Gasteiger partial charge is 0.417 e. The number of hydrogen-bond acceptors (Lipinski definition) is 2. The third kappa shape index (κ3) is 3.75. The number of nitrogens with one attached hydrogen (secondary N) is 1. The van der Waals surface area contributed by atoms with Gasteiger partial charge >= 0.3 is 6.18 Å². The Morgan fingerprint density at radius 1 is 1.10 bits per heavy atom. The lowest BCUT2D eigenvalue weighted by Crippen LogP contribution is -2.14. The first-order valence-electron chi connectivity index (χ1n) is 5.81. The molecule has 0 atom stereocenters. The van der Waals surface area contributed by atoms with Crippen LogP contribution in [0.15, 0.2) is 46.9 Å². The second kappa shape index (κ2) is 5.77. The fraction of sp³-hybridized carbons (Fsp3) is 0.0714.